The third kappa shape index (κ3) is 3.72. The molecule has 94 valence electrons. The number of hydrogen-bond donors (Lipinski definition) is 3. The molecule has 1 amide bonds. The number of rotatable bonds is 3. The number of halogens is 3. The highest BCUT2D eigenvalue weighted by Crippen LogP contribution is 2.30. The van der Waals surface area contributed by atoms with Gasteiger partial charge in [0.15, 0.2) is 0 Å². The molecule has 7 heteroatoms. The predicted molar refractivity (Wildman–Crippen MR) is 52.9 cm³/mol. The smallest absolute Gasteiger partial charge is 0.358 e. The van der Waals surface area contributed by atoms with Crippen LogP contribution in [0.5, 0.6) is 0 Å². The molecule has 1 aromatic carbocycles. The molecule has 3 N–H and O–H groups in total. The van der Waals surface area contributed by atoms with Crippen LogP contribution in [0.3, 0.4) is 0 Å². The highest BCUT2D eigenvalue weighted by Gasteiger charge is 2.54. The van der Waals surface area contributed by atoms with Crippen LogP contribution < -0.4 is 5.32 Å². The number of carbonyl (C=O) groups excluding carboxylic acids is 1. The number of carbonyl (C=O) groups is 1. The quantitative estimate of drug-likeness (QED) is 0.706. The summed E-state index contributed by atoms with van der Waals surface area (Å²) in [5, 5.41) is 19.4. The first kappa shape index (κ1) is 13.5. The standard InChI is InChI=1S/C10H10F3NO3/c11-10(12,13)9(16,17)6-8(15)14-7-4-2-1-3-5-7/h1-5,16-17H,6H2,(H,14,15). The van der Waals surface area contributed by atoms with Crippen molar-refractivity contribution < 1.29 is 28.2 Å². The number of benzene rings is 1. The van der Waals surface area contributed by atoms with Crippen molar-refractivity contribution in [3.63, 3.8) is 0 Å². The number of hydrogen-bond acceptors (Lipinski definition) is 3. The zero-order valence-corrected chi connectivity index (χ0v) is 8.53. The number of amides is 1. The minimum atomic E-state index is -5.28. The Morgan fingerprint density at radius 2 is 1.71 bits per heavy atom. The summed E-state index contributed by atoms with van der Waals surface area (Å²) < 4.78 is 36.2. The summed E-state index contributed by atoms with van der Waals surface area (Å²) in [6.07, 6.45) is -6.76. The third-order valence-electron chi connectivity index (χ3n) is 1.92. The summed E-state index contributed by atoms with van der Waals surface area (Å²) in [4.78, 5) is 11.1. The van der Waals surface area contributed by atoms with E-state index in [1.54, 1.807) is 18.2 Å². The van der Waals surface area contributed by atoms with Crippen molar-refractivity contribution >= 4 is 11.6 Å². The maximum atomic E-state index is 12.1. The maximum Gasteiger partial charge on any atom is 0.443 e. The second-order valence-electron chi connectivity index (χ2n) is 3.41. The van der Waals surface area contributed by atoms with Crippen molar-refractivity contribution in [2.24, 2.45) is 0 Å². The topological polar surface area (TPSA) is 69.6 Å². The van der Waals surface area contributed by atoms with Gasteiger partial charge in [-0.3, -0.25) is 4.79 Å². The largest absolute Gasteiger partial charge is 0.443 e. The highest BCUT2D eigenvalue weighted by atomic mass is 19.4. The zero-order valence-electron chi connectivity index (χ0n) is 8.53. The lowest BCUT2D eigenvalue weighted by atomic mass is 10.1. The van der Waals surface area contributed by atoms with E-state index in [1.165, 1.54) is 12.1 Å². The highest BCUT2D eigenvalue weighted by molar-refractivity contribution is 5.91. The lowest BCUT2D eigenvalue weighted by Crippen LogP contribution is -2.47. The third-order valence-corrected chi connectivity index (χ3v) is 1.92. The molecule has 0 aliphatic heterocycles. The Balaban J connectivity index is 2.62. The van der Waals surface area contributed by atoms with Gasteiger partial charge in [0.05, 0.1) is 6.42 Å². The lowest BCUT2D eigenvalue weighted by molar-refractivity contribution is -0.347. The number of alkyl halides is 3. The summed E-state index contributed by atoms with van der Waals surface area (Å²) >= 11 is 0. The van der Waals surface area contributed by atoms with Crippen LogP contribution in [0.25, 0.3) is 0 Å². The Morgan fingerprint density at radius 1 is 1.18 bits per heavy atom. The van der Waals surface area contributed by atoms with Gasteiger partial charge in [0.2, 0.25) is 5.91 Å². The molecule has 17 heavy (non-hydrogen) atoms. The second kappa shape index (κ2) is 4.72. The molecular weight excluding hydrogens is 239 g/mol. The van der Waals surface area contributed by atoms with Crippen molar-refractivity contribution in [1.29, 1.82) is 0 Å². The van der Waals surface area contributed by atoms with Gasteiger partial charge < -0.3 is 15.5 Å². The van der Waals surface area contributed by atoms with Gasteiger partial charge in [0.1, 0.15) is 0 Å². The fraction of sp³-hybridized carbons (Fsp3) is 0.300. The van der Waals surface area contributed by atoms with Gasteiger partial charge in [-0.25, -0.2) is 0 Å². The predicted octanol–water partition coefficient (Wildman–Crippen LogP) is 1.26. The molecule has 0 saturated carbocycles. The molecule has 0 saturated heterocycles. The van der Waals surface area contributed by atoms with Gasteiger partial charge in [-0.2, -0.15) is 13.2 Å². The van der Waals surface area contributed by atoms with Gasteiger partial charge in [-0.05, 0) is 12.1 Å². The van der Waals surface area contributed by atoms with Crippen LogP contribution in [0.15, 0.2) is 30.3 Å². The molecule has 0 aliphatic rings. The number of para-hydroxylation sites is 1. The monoisotopic (exact) mass is 249 g/mol. The minimum Gasteiger partial charge on any atom is -0.358 e. The molecule has 0 spiro atoms. The van der Waals surface area contributed by atoms with Crippen LogP contribution in [0.2, 0.25) is 0 Å². The SMILES string of the molecule is O=C(CC(O)(O)C(F)(F)F)Nc1ccccc1. The van der Waals surface area contributed by atoms with Gasteiger partial charge in [0, 0.05) is 5.69 Å². The van der Waals surface area contributed by atoms with E-state index in [1.807, 2.05) is 0 Å². The molecule has 1 aromatic rings. The van der Waals surface area contributed by atoms with Crippen molar-refractivity contribution in [2.45, 2.75) is 18.4 Å². The molecule has 0 heterocycles. The fourth-order valence-electron chi connectivity index (χ4n) is 1.05. The van der Waals surface area contributed by atoms with Gasteiger partial charge in [-0.15, -0.1) is 0 Å². The molecule has 1 rings (SSSR count). The molecule has 0 bridgehead atoms. The van der Waals surface area contributed by atoms with E-state index in [4.69, 9.17) is 10.2 Å². The molecule has 0 fully saturated rings. The summed E-state index contributed by atoms with van der Waals surface area (Å²) in [5.41, 5.74) is 0.274. The fourth-order valence-corrected chi connectivity index (χ4v) is 1.05. The van der Waals surface area contributed by atoms with Crippen LogP contribution in [0.1, 0.15) is 6.42 Å². The summed E-state index contributed by atoms with van der Waals surface area (Å²) in [5.74, 6) is -5.16. The van der Waals surface area contributed by atoms with E-state index < -0.39 is 24.3 Å². The van der Waals surface area contributed by atoms with E-state index in [2.05, 4.69) is 5.32 Å². The van der Waals surface area contributed by atoms with Crippen molar-refractivity contribution in [3.05, 3.63) is 30.3 Å². The minimum absolute atomic E-state index is 0.274. The normalized spacial score (nSPS) is 12.3. The summed E-state index contributed by atoms with van der Waals surface area (Å²) in [7, 11) is 0. The van der Waals surface area contributed by atoms with Crippen molar-refractivity contribution in [1.82, 2.24) is 0 Å². The Morgan fingerprint density at radius 3 is 2.18 bits per heavy atom. The molecular formula is C10H10F3NO3. The molecule has 0 radical (unpaired) electrons. The number of anilines is 1. The number of nitrogens with one attached hydrogen (secondary N) is 1. The molecule has 0 atom stereocenters. The average Bonchev–Trinajstić information content (AvgIpc) is 2.16. The van der Waals surface area contributed by atoms with Crippen LogP contribution in [0.4, 0.5) is 18.9 Å². The average molecular weight is 249 g/mol. The van der Waals surface area contributed by atoms with Gasteiger partial charge in [-0.1, -0.05) is 18.2 Å². The van der Waals surface area contributed by atoms with Gasteiger partial charge >= 0.3 is 6.18 Å². The zero-order chi connectivity index (χ0) is 13.1. The van der Waals surface area contributed by atoms with Gasteiger partial charge in [0.25, 0.3) is 5.79 Å². The van der Waals surface area contributed by atoms with Crippen LogP contribution in [-0.4, -0.2) is 28.1 Å². The Bertz CT molecular complexity index is 390. The van der Waals surface area contributed by atoms with E-state index in [0.29, 0.717) is 0 Å². The van der Waals surface area contributed by atoms with E-state index >= 15 is 0 Å². The summed E-state index contributed by atoms with van der Waals surface area (Å²) in [6.45, 7) is 0. The Hall–Kier alpha value is -1.60. The van der Waals surface area contributed by atoms with Crippen LogP contribution in [-0.2, 0) is 4.79 Å². The molecule has 0 aliphatic carbocycles. The first-order chi connectivity index (χ1) is 7.72. The Labute approximate surface area is 94.7 Å². The molecule has 4 nitrogen and oxygen atoms in total. The first-order valence-corrected chi connectivity index (χ1v) is 4.59. The first-order valence-electron chi connectivity index (χ1n) is 4.59. The maximum absolute atomic E-state index is 12.1. The van der Waals surface area contributed by atoms with Crippen LogP contribution in [0, 0.1) is 0 Å². The second-order valence-corrected chi connectivity index (χ2v) is 3.41. The molecule has 0 aromatic heterocycles. The van der Waals surface area contributed by atoms with Crippen molar-refractivity contribution in [3.8, 4) is 0 Å². The van der Waals surface area contributed by atoms with E-state index in [0.717, 1.165) is 0 Å². The Kier molecular flexibility index (Phi) is 3.74. The summed E-state index contributed by atoms with van der Waals surface area (Å²) in [6, 6.07) is 7.73. The lowest BCUT2D eigenvalue weighted by Gasteiger charge is -2.23. The molecule has 0 unspecified atom stereocenters. The van der Waals surface area contributed by atoms with E-state index in [-0.39, 0.29) is 5.69 Å². The number of aliphatic hydroxyl groups is 2. The van der Waals surface area contributed by atoms with E-state index in [9.17, 15) is 18.0 Å². The van der Waals surface area contributed by atoms with Crippen molar-refractivity contribution in [2.75, 3.05) is 5.32 Å². The van der Waals surface area contributed by atoms with Crippen LogP contribution >= 0.6 is 0 Å².